The van der Waals surface area contributed by atoms with E-state index in [1.54, 1.807) is 0 Å². The number of piperidine rings is 1. The van der Waals surface area contributed by atoms with Crippen molar-refractivity contribution >= 4 is 0 Å². The summed E-state index contributed by atoms with van der Waals surface area (Å²) in [5.41, 5.74) is 4.46. The molecule has 1 heterocycles. The topological polar surface area (TPSA) is 3.24 Å². The average Bonchev–Trinajstić information content (AvgIpc) is 2.37. The van der Waals surface area contributed by atoms with Crippen molar-refractivity contribution in [3.63, 3.8) is 0 Å². The number of nitrogens with zero attached hydrogens (tertiary/aromatic N) is 1. The van der Waals surface area contributed by atoms with E-state index in [9.17, 15) is 0 Å². The molecule has 0 aliphatic carbocycles. The first-order chi connectivity index (χ1) is 8.66. The molecule has 0 atom stereocenters. The van der Waals surface area contributed by atoms with Crippen LogP contribution in [-0.4, -0.2) is 24.5 Å². The van der Waals surface area contributed by atoms with Crippen molar-refractivity contribution in [2.24, 2.45) is 0 Å². The van der Waals surface area contributed by atoms with Crippen LogP contribution < -0.4 is 0 Å². The molecule has 0 N–H and O–H groups in total. The zero-order valence-electron chi connectivity index (χ0n) is 12.2. The molecular weight excluding hydrogens is 218 g/mol. The van der Waals surface area contributed by atoms with Gasteiger partial charge in [0.2, 0.25) is 0 Å². The van der Waals surface area contributed by atoms with Crippen molar-refractivity contribution in [3.8, 4) is 0 Å². The van der Waals surface area contributed by atoms with Crippen LogP contribution in [0, 0.1) is 6.92 Å². The normalized spacial score (nSPS) is 17.3. The van der Waals surface area contributed by atoms with Gasteiger partial charge >= 0.3 is 0 Å². The van der Waals surface area contributed by atoms with Crippen LogP contribution in [0.3, 0.4) is 0 Å². The van der Waals surface area contributed by atoms with Crippen LogP contribution >= 0.6 is 0 Å². The van der Waals surface area contributed by atoms with Crippen LogP contribution in [0.4, 0.5) is 0 Å². The van der Waals surface area contributed by atoms with E-state index in [0.29, 0.717) is 5.92 Å². The van der Waals surface area contributed by atoms with Gasteiger partial charge in [0, 0.05) is 6.54 Å². The molecule has 1 heteroatoms. The molecule has 1 aromatic carbocycles. The third-order valence-electron chi connectivity index (χ3n) is 4.12. The maximum atomic E-state index is 2.62. The molecule has 0 amide bonds. The fourth-order valence-corrected chi connectivity index (χ4v) is 3.01. The first-order valence-electron chi connectivity index (χ1n) is 7.48. The number of rotatable bonds is 4. The van der Waals surface area contributed by atoms with Gasteiger partial charge in [-0.2, -0.15) is 0 Å². The molecule has 1 nitrogen and oxygen atoms in total. The second-order valence-corrected chi connectivity index (χ2v) is 6.00. The highest BCUT2D eigenvalue weighted by molar-refractivity contribution is 5.33. The zero-order chi connectivity index (χ0) is 13.0. The highest BCUT2D eigenvalue weighted by atomic mass is 15.1. The molecule has 1 fully saturated rings. The van der Waals surface area contributed by atoms with E-state index in [4.69, 9.17) is 0 Å². The minimum atomic E-state index is 0.640. The van der Waals surface area contributed by atoms with Crippen molar-refractivity contribution in [1.29, 1.82) is 0 Å². The second kappa shape index (κ2) is 6.38. The SMILES string of the molecule is Cc1cc(CCN2CCCCC2)ccc1C(C)C. The number of likely N-dealkylation sites (tertiary alicyclic amines) is 1. The Kier molecular flexibility index (Phi) is 4.82. The second-order valence-electron chi connectivity index (χ2n) is 6.00. The molecule has 0 saturated carbocycles. The number of hydrogen-bond acceptors (Lipinski definition) is 1. The number of aryl methyl sites for hydroxylation is 1. The summed E-state index contributed by atoms with van der Waals surface area (Å²) in [5.74, 6) is 0.640. The van der Waals surface area contributed by atoms with Crippen molar-refractivity contribution in [2.45, 2.75) is 52.4 Å². The molecular formula is C17H27N. The van der Waals surface area contributed by atoms with Crippen LogP contribution in [0.1, 0.15) is 55.7 Å². The molecule has 100 valence electrons. The molecule has 1 aliphatic heterocycles. The molecule has 18 heavy (non-hydrogen) atoms. The lowest BCUT2D eigenvalue weighted by Gasteiger charge is -2.26. The van der Waals surface area contributed by atoms with E-state index in [1.165, 1.54) is 62.0 Å². The summed E-state index contributed by atoms with van der Waals surface area (Å²) in [6.07, 6.45) is 5.43. The Morgan fingerprint density at radius 1 is 1.11 bits per heavy atom. The maximum Gasteiger partial charge on any atom is 0.00218 e. The average molecular weight is 245 g/mol. The van der Waals surface area contributed by atoms with Crippen LogP contribution in [0.5, 0.6) is 0 Å². The largest absolute Gasteiger partial charge is 0.303 e. The Hall–Kier alpha value is -0.820. The lowest BCUT2D eigenvalue weighted by molar-refractivity contribution is 0.231. The Bertz CT molecular complexity index is 375. The van der Waals surface area contributed by atoms with Crippen molar-refractivity contribution in [1.82, 2.24) is 4.90 Å². The van der Waals surface area contributed by atoms with E-state index in [-0.39, 0.29) is 0 Å². The summed E-state index contributed by atoms with van der Waals surface area (Å²) >= 11 is 0. The molecule has 1 aliphatic rings. The van der Waals surface area contributed by atoms with E-state index in [2.05, 4.69) is 43.9 Å². The van der Waals surface area contributed by atoms with Crippen molar-refractivity contribution in [2.75, 3.05) is 19.6 Å². The summed E-state index contributed by atoms with van der Waals surface area (Å²) in [6, 6.07) is 7.04. The first-order valence-corrected chi connectivity index (χ1v) is 7.48. The minimum absolute atomic E-state index is 0.640. The van der Waals surface area contributed by atoms with E-state index in [0.717, 1.165) is 0 Å². The fourth-order valence-electron chi connectivity index (χ4n) is 3.01. The van der Waals surface area contributed by atoms with Gasteiger partial charge in [-0.15, -0.1) is 0 Å². The van der Waals surface area contributed by atoms with E-state index in [1.807, 2.05) is 0 Å². The lowest BCUT2D eigenvalue weighted by atomic mass is 9.95. The molecule has 0 spiro atoms. The molecule has 0 aromatic heterocycles. The van der Waals surface area contributed by atoms with Crippen LogP contribution in [0.2, 0.25) is 0 Å². The van der Waals surface area contributed by atoms with Crippen LogP contribution in [-0.2, 0) is 6.42 Å². The van der Waals surface area contributed by atoms with Crippen molar-refractivity contribution in [3.05, 3.63) is 34.9 Å². The highest BCUT2D eigenvalue weighted by Crippen LogP contribution is 2.20. The van der Waals surface area contributed by atoms with Gasteiger partial charge < -0.3 is 4.90 Å². The monoisotopic (exact) mass is 245 g/mol. The van der Waals surface area contributed by atoms with Gasteiger partial charge in [-0.3, -0.25) is 0 Å². The summed E-state index contributed by atoms with van der Waals surface area (Å²) in [4.78, 5) is 2.62. The Balaban J connectivity index is 1.91. The summed E-state index contributed by atoms with van der Waals surface area (Å²) in [5, 5.41) is 0. The molecule has 1 aromatic rings. The summed E-state index contributed by atoms with van der Waals surface area (Å²) in [7, 11) is 0. The molecule has 2 rings (SSSR count). The molecule has 0 bridgehead atoms. The Morgan fingerprint density at radius 3 is 2.44 bits per heavy atom. The van der Waals surface area contributed by atoms with Gasteiger partial charge in [0.15, 0.2) is 0 Å². The third-order valence-corrected chi connectivity index (χ3v) is 4.12. The smallest absolute Gasteiger partial charge is 0.00218 e. The maximum absolute atomic E-state index is 2.62. The molecule has 1 saturated heterocycles. The van der Waals surface area contributed by atoms with Gasteiger partial charge in [-0.1, -0.05) is 38.5 Å². The van der Waals surface area contributed by atoms with Crippen LogP contribution in [0.15, 0.2) is 18.2 Å². The molecule has 0 unspecified atom stereocenters. The predicted molar refractivity (Wildman–Crippen MR) is 79.3 cm³/mol. The third kappa shape index (κ3) is 3.58. The van der Waals surface area contributed by atoms with Gasteiger partial charge in [-0.25, -0.2) is 0 Å². The first kappa shape index (κ1) is 13.6. The zero-order valence-corrected chi connectivity index (χ0v) is 12.2. The standard InChI is InChI=1S/C17H27N/c1-14(2)17-8-7-16(13-15(17)3)9-12-18-10-5-4-6-11-18/h7-8,13-14H,4-6,9-12H2,1-3H3. The number of benzene rings is 1. The van der Waals surface area contributed by atoms with Crippen molar-refractivity contribution < 1.29 is 0 Å². The van der Waals surface area contributed by atoms with Gasteiger partial charge in [0.05, 0.1) is 0 Å². The lowest BCUT2D eigenvalue weighted by Crippen LogP contribution is -2.31. The van der Waals surface area contributed by atoms with E-state index < -0.39 is 0 Å². The molecule has 0 radical (unpaired) electrons. The Morgan fingerprint density at radius 2 is 1.83 bits per heavy atom. The predicted octanol–water partition coefficient (Wildman–Crippen LogP) is 4.15. The number of hydrogen-bond donors (Lipinski definition) is 0. The Labute approximate surface area is 112 Å². The quantitative estimate of drug-likeness (QED) is 0.770. The summed E-state index contributed by atoms with van der Waals surface area (Å²) in [6.45, 7) is 10.7. The van der Waals surface area contributed by atoms with Gasteiger partial charge in [-0.05, 0) is 61.9 Å². The summed E-state index contributed by atoms with van der Waals surface area (Å²) < 4.78 is 0. The minimum Gasteiger partial charge on any atom is -0.303 e. The fraction of sp³-hybridized carbons (Fsp3) is 0.647. The van der Waals surface area contributed by atoms with Crippen LogP contribution in [0.25, 0.3) is 0 Å². The van der Waals surface area contributed by atoms with Gasteiger partial charge in [0.1, 0.15) is 0 Å². The van der Waals surface area contributed by atoms with E-state index >= 15 is 0 Å². The highest BCUT2D eigenvalue weighted by Gasteiger charge is 2.10. The van der Waals surface area contributed by atoms with Gasteiger partial charge in [0.25, 0.3) is 0 Å².